The topological polar surface area (TPSA) is 63.7 Å². The third-order valence-corrected chi connectivity index (χ3v) is 4.62. The summed E-state index contributed by atoms with van der Waals surface area (Å²) in [6.07, 6.45) is 2.52. The fourth-order valence-corrected chi connectivity index (χ4v) is 3.07. The van der Waals surface area contributed by atoms with Crippen molar-refractivity contribution in [2.24, 2.45) is 11.8 Å². The van der Waals surface area contributed by atoms with Gasteiger partial charge in [0.2, 0.25) is 0 Å². The Balaban J connectivity index is 2.16. The number of carbonyl (C=O) groups excluding carboxylic acids is 3. The molecule has 1 saturated carbocycles. The van der Waals surface area contributed by atoms with E-state index < -0.39 is 29.4 Å². The Morgan fingerprint density at radius 2 is 2.09 bits per heavy atom. The Kier molecular flexibility index (Phi) is 3.88. The number of carbonyl (C=O) groups is 3. The van der Waals surface area contributed by atoms with Crippen LogP contribution >= 0.6 is 11.6 Å². The van der Waals surface area contributed by atoms with Crippen LogP contribution in [0.4, 0.5) is 4.39 Å². The van der Waals surface area contributed by atoms with Crippen LogP contribution < -0.4 is 0 Å². The summed E-state index contributed by atoms with van der Waals surface area (Å²) in [6, 6.07) is 0. The first-order valence-electron chi connectivity index (χ1n) is 7.41. The summed E-state index contributed by atoms with van der Waals surface area (Å²) < 4.78 is 18.8. The molecule has 0 spiro atoms. The summed E-state index contributed by atoms with van der Waals surface area (Å²) in [5.41, 5.74) is 1.02. The van der Waals surface area contributed by atoms with Gasteiger partial charge in [-0.2, -0.15) is 0 Å². The average molecular weight is 340 g/mol. The summed E-state index contributed by atoms with van der Waals surface area (Å²) in [5, 5.41) is -0.121. The lowest BCUT2D eigenvalue weighted by molar-refractivity contribution is -0.157. The van der Waals surface area contributed by atoms with Gasteiger partial charge in [0.15, 0.2) is 17.5 Å². The number of amides is 1. The zero-order valence-corrected chi connectivity index (χ0v) is 13.4. The molecule has 3 aliphatic rings. The number of allylic oxidation sites excluding steroid dienone is 4. The van der Waals surface area contributed by atoms with Crippen molar-refractivity contribution < 1.29 is 23.5 Å². The number of hydrogen-bond donors (Lipinski definition) is 0. The second-order valence-electron chi connectivity index (χ2n) is 5.71. The molecule has 0 aromatic carbocycles. The highest BCUT2D eigenvalue weighted by Gasteiger charge is 2.51. The minimum atomic E-state index is -1.57. The molecule has 0 radical (unpaired) electrons. The summed E-state index contributed by atoms with van der Waals surface area (Å²) in [5.74, 6) is -4.62. The van der Waals surface area contributed by atoms with Crippen molar-refractivity contribution in [2.75, 3.05) is 6.61 Å². The van der Waals surface area contributed by atoms with Crippen molar-refractivity contribution in [3.63, 3.8) is 0 Å². The number of Topliss-reactive ketones (excluding diaryl/α,β-unsaturated/α-hetero) is 1. The summed E-state index contributed by atoms with van der Waals surface area (Å²) in [6.45, 7) is 3.21. The molecular weight excluding hydrogens is 325 g/mol. The van der Waals surface area contributed by atoms with Gasteiger partial charge >= 0.3 is 5.97 Å². The van der Waals surface area contributed by atoms with Crippen molar-refractivity contribution in [1.82, 2.24) is 4.90 Å². The Morgan fingerprint density at radius 1 is 1.43 bits per heavy atom. The highest BCUT2D eigenvalue weighted by Crippen LogP contribution is 2.47. The van der Waals surface area contributed by atoms with Gasteiger partial charge in [0.25, 0.3) is 5.91 Å². The monoisotopic (exact) mass is 339 g/mol. The first kappa shape index (κ1) is 15.9. The van der Waals surface area contributed by atoms with Gasteiger partial charge < -0.3 is 4.74 Å². The molecule has 3 rings (SSSR count). The largest absolute Gasteiger partial charge is 0.465 e. The van der Waals surface area contributed by atoms with E-state index in [9.17, 15) is 18.8 Å². The van der Waals surface area contributed by atoms with E-state index in [0.717, 1.165) is 23.9 Å². The quantitative estimate of drug-likeness (QED) is 0.585. The number of esters is 1. The van der Waals surface area contributed by atoms with E-state index >= 15 is 0 Å². The van der Waals surface area contributed by atoms with Gasteiger partial charge in [-0.05, 0) is 38.2 Å². The van der Waals surface area contributed by atoms with E-state index in [4.69, 9.17) is 16.3 Å². The van der Waals surface area contributed by atoms with Crippen molar-refractivity contribution >= 4 is 29.3 Å². The van der Waals surface area contributed by atoms with E-state index in [1.54, 1.807) is 13.8 Å². The predicted molar refractivity (Wildman–Crippen MR) is 79.5 cm³/mol. The SMILES string of the molecule is CCOC(=O)C1C(=O)C(C2CC2)=C2C(C)=C(Cl)C(F)=CN2C1=O. The molecule has 1 amide bonds. The van der Waals surface area contributed by atoms with Gasteiger partial charge in [-0.15, -0.1) is 0 Å². The molecule has 2 heterocycles. The van der Waals surface area contributed by atoms with Gasteiger partial charge in [-0.25, -0.2) is 4.39 Å². The number of hydrogen-bond acceptors (Lipinski definition) is 4. The van der Waals surface area contributed by atoms with Crippen molar-refractivity contribution in [2.45, 2.75) is 26.7 Å². The molecule has 1 aliphatic carbocycles. The Labute approximate surface area is 137 Å². The second-order valence-corrected chi connectivity index (χ2v) is 6.09. The molecule has 1 atom stereocenters. The van der Waals surface area contributed by atoms with Crippen LogP contribution in [0.3, 0.4) is 0 Å². The molecule has 1 fully saturated rings. The van der Waals surface area contributed by atoms with E-state index in [1.165, 1.54) is 0 Å². The van der Waals surface area contributed by atoms with Crippen LogP contribution in [0.1, 0.15) is 26.7 Å². The molecule has 5 nitrogen and oxygen atoms in total. The van der Waals surface area contributed by atoms with E-state index in [-0.39, 0.29) is 17.6 Å². The standard InChI is InChI=1S/C16H15ClFNO4/c1-3-23-16(22)11-14(20)10(8-4-5-8)13-7(2)12(17)9(18)6-19(13)15(11)21/h6,8,11H,3-5H2,1-2H3. The van der Waals surface area contributed by atoms with Crippen LogP contribution in [0, 0.1) is 11.8 Å². The molecule has 0 bridgehead atoms. The molecule has 0 saturated heterocycles. The van der Waals surface area contributed by atoms with Crippen molar-refractivity contribution in [3.05, 3.63) is 33.9 Å². The maximum atomic E-state index is 13.9. The third-order valence-electron chi connectivity index (χ3n) is 4.15. The first-order chi connectivity index (χ1) is 10.9. The summed E-state index contributed by atoms with van der Waals surface area (Å²) in [7, 11) is 0. The third kappa shape index (κ3) is 2.41. The van der Waals surface area contributed by atoms with Gasteiger partial charge in [0.1, 0.15) is 0 Å². The zero-order chi connectivity index (χ0) is 16.9. The normalized spacial score (nSPS) is 24.8. The Morgan fingerprint density at radius 3 is 2.65 bits per heavy atom. The van der Waals surface area contributed by atoms with Crippen LogP contribution in [-0.4, -0.2) is 29.2 Å². The summed E-state index contributed by atoms with van der Waals surface area (Å²) in [4.78, 5) is 38.4. The highest BCUT2D eigenvalue weighted by molar-refractivity contribution is 6.33. The second kappa shape index (κ2) is 5.60. The van der Waals surface area contributed by atoms with Gasteiger partial charge in [0, 0.05) is 11.8 Å². The number of rotatable bonds is 3. The minimum absolute atomic E-state index is 0.0287. The van der Waals surface area contributed by atoms with Crippen LogP contribution in [0.15, 0.2) is 33.9 Å². The maximum absolute atomic E-state index is 13.9. The van der Waals surface area contributed by atoms with Crippen LogP contribution in [0.5, 0.6) is 0 Å². The number of ether oxygens (including phenoxy) is 1. The van der Waals surface area contributed by atoms with E-state index in [0.29, 0.717) is 16.8 Å². The average Bonchev–Trinajstić information content (AvgIpc) is 3.31. The molecule has 2 aliphatic heterocycles. The van der Waals surface area contributed by atoms with Crippen molar-refractivity contribution in [1.29, 1.82) is 0 Å². The maximum Gasteiger partial charge on any atom is 0.326 e. The lowest BCUT2D eigenvalue weighted by atomic mass is 9.84. The van der Waals surface area contributed by atoms with Crippen LogP contribution in [0.25, 0.3) is 0 Å². The number of nitrogens with zero attached hydrogens (tertiary/aromatic N) is 1. The molecular formula is C16H15ClFNO4. The zero-order valence-electron chi connectivity index (χ0n) is 12.7. The van der Waals surface area contributed by atoms with Gasteiger partial charge in [-0.1, -0.05) is 11.6 Å². The summed E-state index contributed by atoms with van der Waals surface area (Å²) >= 11 is 5.93. The van der Waals surface area contributed by atoms with Gasteiger partial charge in [-0.3, -0.25) is 19.3 Å². The fourth-order valence-electron chi connectivity index (χ4n) is 2.93. The number of fused-ring (bicyclic) bond motifs is 1. The number of halogens is 2. The molecule has 122 valence electrons. The molecule has 7 heteroatoms. The minimum Gasteiger partial charge on any atom is -0.465 e. The molecule has 0 aromatic rings. The highest BCUT2D eigenvalue weighted by atomic mass is 35.5. The Bertz CT molecular complexity index is 718. The molecule has 0 N–H and O–H groups in total. The van der Waals surface area contributed by atoms with E-state index in [1.807, 2.05) is 0 Å². The van der Waals surface area contributed by atoms with Gasteiger partial charge in [0.05, 0.1) is 17.3 Å². The fraction of sp³-hybridized carbons (Fsp3) is 0.438. The Hall–Kier alpha value is -1.95. The van der Waals surface area contributed by atoms with Crippen LogP contribution in [0.2, 0.25) is 0 Å². The van der Waals surface area contributed by atoms with Crippen molar-refractivity contribution in [3.8, 4) is 0 Å². The molecule has 23 heavy (non-hydrogen) atoms. The molecule has 0 aromatic heterocycles. The lowest BCUT2D eigenvalue weighted by Gasteiger charge is -2.35. The van der Waals surface area contributed by atoms with E-state index in [2.05, 4.69) is 0 Å². The predicted octanol–water partition coefficient (Wildman–Crippen LogP) is 2.58. The van der Waals surface area contributed by atoms with Crippen LogP contribution in [-0.2, 0) is 19.1 Å². The first-order valence-corrected chi connectivity index (χ1v) is 7.78. The molecule has 1 unspecified atom stereocenters. The number of ketones is 1. The smallest absolute Gasteiger partial charge is 0.326 e. The lowest BCUT2D eigenvalue weighted by Crippen LogP contribution is -2.48.